The Morgan fingerprint density at radius 1 is 1.63 bits per heavy atom. The van der Waals surface area contributed by atoms with Gasteiger partial charge in [0.05, 0.1) is 23.9 Å². The van der Waals surface area contributed by atoms with Gasteiger partial charge >= 0.3 is 5.97 Å². The maximum Gasteiger partial charge on any atom is 0.308 e. The van der Waals surface area contributed by atoms with E-state index in [0.717, 1.165) is 0 Å². The topological polar surface area (TPSA) is 99.8 Å². The third-order valence-corrected chi connectivity index (χ3v) is 4.39. The molecule has 0 spiro atoms. The first-order valence-electron chi connectivity index (χ1n) is 5.18. The number of hydrogen-bond donors (Lipinski definition) is 1. The summed E-state index contributed by atoms with van der Waals surface area (Å²) in [5.74, 6) is -0.888. The quantitative estimate of drug-likeness (QED) is 0.918. The average Bonchev–Trinajstić information content (AvgIpc) is 2.69. The molecular weight excluding hydrogens is 284 g/mol. The van der Waals surface area contributed by atoms with E-state index < -0.39 is 5.97 Å². The van der Waals surface area contributed by atoms with Gasteiger partial charge in [-0.3, -0.25) is 4.79 Å². The molecule has 0 aliphatic heterocycles. The molecule has 19 heavy (non-hydrogen) atoms. The Balaban J connectivity index is 2.25. The first-order valence-corrected chi connectivity index (χ1v) is 6.81. The van der Waals surface area contributed by atoms with Gasteiger partial charge in [-0.05, 0) is 24.8 Å². The SMILES string of the molecule is Cc1nc(Sc2nnccc2C#N)sc1CC(=O)O. The number of aryl methyl sites for hydroxylation is 1. The van der Waals surface area contributed by atoms with Crippen molar-refractivity contribution in [2.45, 2.75) is 22.7 Å². The number of hydrogen-bond acceptors (Lipinski definition) is 7. The molecule has 2 rings (SSSR count). The monoisotopic (exact) mass is 292 g/mol. The van der Waals surface area contributed by atoms with Gasteiger partial charge in [-0.25, -0.2) is 4.98 Å². The van der Waals surface area contributed by atoms with Crippen LogP contribution in [0.4, 0.5) is 0 Å². The molecule has 0 aliphatic rings. The normalized spacial score (nSPS) is 10.1. The van der Waals surface area contributed by atoms with Crippen LogP contribution < -0.4 is 0 Å². The molecule has 0 amide bonds. The largest absolute Gasteiger partial charge is 0.481 e. The zero-order valence-electron chi connectivity index (χ0n) is 9.82. The standard InChI is InChI=1S/C11H8N4O2S2/c1-6-8(4-9(16)17)18-11(14-6)19-10-7(5-12)2-3-13-15-10/h2-3H,4H2,1H3,(H,16,17). The molecule has 2 aromatic heterocycles. The Bertz CT molecular complexity index is 663. The number of carboxylic acids is 1. The predicted octanol–water partition coefficient (Wildman–Crippen LogP) is 1.89. The van der Waals surface area contributed by atoms with E-state index in [1.165, 1.54) is 29.3 Å². The highest BCUT2D eigenvalue weighted by Crippen LogP contribution is 2.33. The number of aliphatic carboxylic acids is 1. The number of nitriles is 1. The Morgan fingerprint density at radius 3 is 3.11 bits per heavy atom. The third-order valence-electron chi connectivity index (χ3n) is 2.18. The molecule has 8 heteroatoms. The molecule has 0 radical (unpaired) electrons. The van der Waals surface area contributed by atoms with Crippen LogP contribution in [0.1, 0.15) is 16.1 Å². The van der Waals surface area contributed by atoms with Crippen LogP contribution in [0.3, 0.4) is 0 Å². The summed E-state index contributed by atoms with van der Waals surface area (Å²) in [5.41, 5.74) is 1.12. The van der Waals surface area contributed by atoms with Crippen molar-refractivity contribution in [2.75, 3.05) is 0 Å². The van der Waals surface area contributed by atoms with E-state index in [-0.39, 0.29) is 6.42 Å². The first kappa shape index (κ1) is 13.5. The van der Waals surface area contributed by atoms with Gasteiger partial charge in [0.2, 0.25) is 0 Å². The van der Waals surface area contributed by atoms with Crippen LogP contribution in [0.25, 0.3) is 0 Å². The molecule has 0 bridgehead atoms. The van der Waals surface area contributed by atoms with Gasteiger partial charge < -0.3 is 5.11 Å². The number of rotatable bonds is 4. The molecule has 0 aromatic carbocycles. The lowest BCUT2D eigenvalue weighted by atomic mass is 10.3. The Labute approximate surface area is 117 Å². The highest BCUT2D eigenvalue weighted by molar-refractivity contribution is 8.01. The molecule has 0 saturated heterocycles. The lowest BCUT2D eigenvalue weighted by Gasteiger charge is -1.96. The zero-order valence-corrected chi connectivity index (χ0v) is 11.5. The van der Waals surface area contributed by atoms with Crippen LogP contribution >= 0.6 is 23.1 Å². The van der Waals surface area contributed by atoms with Gasteiger partial charge in [0.1, 0.15) is 11.1 Å². The maximum atomic E-state index is 10.7. The fraction of sp³-hybridized carbons (Fsp3) is 0.182. The highest BCUT2D eigenvalue weighted by atomic mass is 32.2. The molecule has 96 valence electrons. The van der Waals surface area contributed by atoms with Gasteiger partial charge in [-0.2, -0.15) is 10.4 Å². The van der Waals surface area contributed by atoms with Crippen LogP contribution in [-0.2, 0) is 11.2 Å². The fourth-order valence-corrected chi connectivity index (χ4v) is 3.46. The van der Waals surface area contributed by atoms with Crippen LogP contribution in [0.5, 0.6) is 0 Å². The van der Waals surface area contributed by atoms with Crippen LogP contribution in [0.2, 0.25) is 0 Å². The molecule has 6 nitrogen and oxygen atoms in total. The lowest BCUT2D eigenvalue weighted by Crippen LogP contribution is -1.99. The first-order chi connectivity index (χ1) is 9.10. The molecule has 2 heterocycles. The number of carbonyl (C=O) groups is 1. The van der Waals surface area contributed by atoms with Crippen molar-refractivity contribution < 1.29 is 9.90 Å². The second kappa shape index (κ2) is 5.77. The maximum absolute atomic E-state index is 10.7. The average molecular weight is 292 g/mol. The van der Waals surface area contributed by atoms with E-state index in [2.05, 4.69) is 15.2 Å². The van der Waals surface area contributed by atoms with E-state index >= 15 is 0 Å². The van der Waals surface area contributed by atoms with Gasteiger partial charge in [0.15, 0.2) is 4.34 Å². The van der Waals surface area contributed by atoms with Crippen molar-refractivity contribution >= 4 is 29.1 Å². The van der Waals surface area contributed by atoms with E-state index in [1.54, 1.807) is 13.0 Å². The molecular formula is C11H8N4O2S2. The van der Waals surface area contributed by atoms with Crippen molar-refractivity contribution in [3.05, 3.63) is 28.4 Å². The number of aromatic nitrogens is 3. The van der Waals surface area contributed by atoms with Crippen molar-refractivity contribution in [3.63, 3.8) is 0 Å². The van der Waals surface area contributed by atoms with Gasteiger partial charge in [-0.15, -0.1) is 16.4 Å². The smallest absolute Gasteiger partial charge is 0.308 e. The van der Waals surface area contributed by atoms with Crippen molar-refractivity contribution in [1.29, 1.82) is 5.26 Å². The van der Waals surface area contributed by atoms with Crippen molar-refractivity contribution in [2.24, 2.45) is 0 Å². The summed E-state index contributed by atoms with van der Waals surface area (Å²) < 4.78 is 0.658. The van der Waals surface area contributed by atoms with Gasteiger partial charge in [0, 0.05) is 4.88 Å². The molecule has 0 atom stereocenters. The fourth-order valence-electron chi connectivity index (χ4n) is 1.31. The molecule has 0 aliphatic carbocycles. The summed E-state index contributed by atoms with van der Waals surface area (Å²) in [4.78, 5) is 15.7. The second-order valence-corrected chi connectivity index (χ2v) is 5.84. The summed E-state index contributed by atoms with van der Waals surface area (Å²) >= 11 is 2.51. The van der Waals surface area contributed by atoms with Crippen molar-refractivity contribution in [3.8, 4) is 6.07 Å². The summed E-state index contributed by atoms with van der Waals surface area (Å²) in [6.45, 7) is 1.76. The minimum absolute atomic E-state index is 0.0460. The molecule has 2 aromatic rings. The third kappa shape index (κ3) is 3.27. The molecule has 0 unspecified atom stereocenters. The predicted molar refractivity (Wildman–Crippen MR) is 69.1 cm³/mol. The second-order valence-electron chi connectivity index (χ2n) is 3.52. The zero-order chi connectivity index (χ0) is 13.8. The summed E-state index contributed by atoms with van der Waals surface area (Å²) in [6.07, 6.45) is 1.40. The van der Waals surface area contributed by atoms with E-state index in [0.29, 0.717) is 25.5 Å². The summed E-state index contributed by atoms with van der Waals surface area (Å²) in [6, 6.07) is 3.61. The molecule has 0 fully saturated rings. The highest BCUT2D eigenvalue weighted by Gasteiger charge is 2.14. The minimum Gasteiger partial charge on any atom is -0.481 e. The Morgan fingerprint density at radius 2 is 2.42 bits per heavy atom. The van der Waals surface area contributed by atoms with E-state index in [4.69, 9.17) is 10.4 Å². The lowest BCUT2D eigenvalue weighted by molar-refractivity contribution is -0.136. The summed E-state index contributed by atoms with van der Waals surface area (Å²) in [5, 5.41) is 25.8. The Hall–Kier alpha value is -1.98. The number of carboxylic acid groups (broad SMARTS) is 1. The minimum atomic E-state index is -0.888. The molecule has 1 N–H and O–H groups in total. The van der Waals surface area contributed by atoms with E-state index in [1.807, 2.05) is 6.07 Å². The number of nitrogens with zero attached hydrogens (tertiary/aromatic N) is 4. The van der Waals surface area contributed by atoms with Crippen LogP contribution in [-0.4, -0.2) is 26.3 Å². The van der Waals surface area contributed by atoms with Gasteiger partial charge in [0.25, 0.3) is 0 Å². The van der Waals surface area contributed by atoms with Crippen molar-refractivity contribution in [1.82, 2.24) is 15.2 Å². The van der Waals surface area contributed by atoms with Gasteiger partial charge in [-0.1, -0.05) is 0 Å². The van der Waals surface area contributed by atoms with Crippen LogP contribution in [0.15, 0.2) is 21.6 Å². The van der Waals surface area contributed by atoms with E-state index in [9.17, 15) is 4.79 Å². The Kier molecular flexibility index (Phi) is 4.09. The van der Waals surface area contributed by atoms with Crippen LogP contribution in [0, 0.1) is 18.3 Å². The summed E-state index contributed by atoms with van der Waals surface area (Å²) in [7, 11) is 0. The molecule has 0 saturated carbocycles. The number of thiazole rings is 1.